The molecule has 2 atom stereocenters. The van der Waals surface area contributed by atoms with Crippen LogP contribution in [0.15, 0.2) is 42.5 Å². The first-order valence-corrected chi connectivity index (χ1v) is 10.0. The molecule has 0 radical (unpaired) electrons. The molecule has 146 valence electrons. The summed E-state index contributed by atoms with van der Waals surface area (Å²) in [6.45, 7) is 2.66. The fourth-order valence-corrected chi connectivity index (χ4v) is 4.55. The number of anilines is 1. The lowest BCUT2D eigenvalue weighted by Gasteiger charge is -2.31. The molecule has 5 heteroatoms. The zero-order valence-corrected chi connectivity index (χ0v) is 16.1. The Bertz CT molecular complexity index is 911. The normalized spacial score (nSPS) is 21.3. The highest BCUT2D eigenvalue weighted by Gasteiger charge is 2.38. The van der Waals surface area contributed by atoms with Gasteiger partial charge in [0, 0.05) is 23.8 Å². The average Bonchev–Trinajstić information content (AvgIpc) is 3.13. The number of hydrogen-bond donors (Lipinski definition) is 1. The lowest BCUT2D eigenvalue weighted by molar-refractivity contribution is 0.0690. The number of likely N-dealkylation sites (tertiary alicyclic amines) is 1. The number of fused-ring (bicyclic) bond motifs is 1. The number of amides is 2. The summed E-state index contributed by atoms with van der Waals surface area (Å²) in [4.78, 5) is 27.6. The van der Waals surface area contributed by atoms with E-state index in [1.165, 1.54) is 31.4 Å². The van der Waals surface area contributed by atoms with E-state index in [4.69, 9.17) is 0 Å². The first-order valence-electron chi connectivity index (χ1n) is 10.0. The van der Waals surface area contributed by atoms with E-state index in [0.29, 0.717) is 23.2 Å². The van der Waals surface area contributed by atoms with Crippen molar-refractivity contribution in [3.63, 3.8) is 0 Å². The van der Waals surface area contributed by atoms with E-state index in [2.05, 4.69) is 5.32 Å². The predicted octanol–water partition coefficient (Wildman–Crippen LogP) is 4.79. The molecule has 0 aromatic heterocycles. The van der Waals surface area contributed by atoms with Gasteiger partial charge in [-0.15, -0.1) is 0 Å². The van der Waals surface area contributed by atoms with Gasteiger partial charge in [-0.1, -0.05) is 31.0 Å². The molecule has 1 aliphatic heterocycles. The summed E-state index contributed by atoms with van der Waals surface area (Å²) in [6.07, 6.45) is 5.83. The molecule has 2 amide bonds. The van der Waals surface area contributed by atoms with Gasteiger partial charge in [0.1, 0.15) is 5.82 Å². The van der Waals surface area contributed by atoms with Crippen molar-refractivity contribution in [2.75, 3.05) is 11.9 Å². The van der Waals surface area contributed by atoms with E-state index >= 15 is 0 Å². The summed E-state index contributed by atoms with van der Waals surface area (Å²) >= 11 is 0. The van der Waals surface area contributed by atoms with Gasteiger partial charge in [0.05, 0.1) is 5.56 Å². The Kier molecular flexibility index (Phi) is 5.16. The lowest BCUT2D eigenvalue weighted by atomic mass is 9.85. The maximum Gasteiger partial charge on any atom is 0.258 e. The maximum atomic E-state index is 13.9. The molecular weight excluding hydrogens is 355 g/mol. The molecular formula is C23H25FN2O2. The van der Waals surface area contributed by atoms with E-state index in [1.807, 2.05) is 24.0 Å². The zero-order chi connectivity index (χ0) is 19.7. The van der Waals surface area contributed by atoms with Crippen LogP contribution in [0.3, 0.4) is 0 Å². The van der Waals surface area contributed by atoms with Crippen LogP contribution in [0.1, 0.15) is 58.4 Å². The third kappa shape index (κ3) is 3.53. The Morgan fingerprint density at radius 2 is 1.86 bits per heavy atom. The van der Waals surface area contributed by atoms with Crippen molar-refractivity contribution in [1.29, 1.82) is 0 Å². The second-order valence-corrected chi connectivity index (χ2v) is 7.86. The van der Waals surface area contributed by atoms with E-state index in [1.54, 1.807) is 18.2 Å². The molecule has 1 aliphatic carbocycles. The van der Waals surface area contributed by atoms with Gasteiger partial charge in [0.2, 0.25) is 0 Å². The summed E-state index contributed by atoms with van der Waals surface area (Å²) in [6, 6.07) is 11.6. The number of carbonyl (C=O) groups is 2. The van der Waals surface area contributed by atoms with Crippen molar-refractivity contribution in [1.82, 2.24) is 4.90 Å². The Morgan fingerprint density at radius 1 is 1.07 bits per heavy atom. The van der Waals surface area contributed by atoms with Crippen LogP contribution in [0.2, 0.25) is 0 Å². The molecule has 1 saturated heterocycles. The minimum Gasteiger partial charge on any atom is -0.335 e. The molecule has 2 fully saturated rings. The topological polar surface area (TPSA) is 49.4 Å². The second-order valence-electron chi connectivity index (χ2n) is 7.86. The highest BCUT2D eigenvalue weighted by molar-refractivity contribution is 6.05. The number of nitrogens with zero attached hydrogens (tertiary/aromatic N) is 1. The number of benzene rings is 2. The number of rotatable bonds is 3. The van der Waals surface area contributed by atoms with Crippen LogP contribution in [0.4, 0.5) is 10.1 Å². The first kappa shape index (κ1) is 18.7. The Morgan fingerprint density at radius 3 is 2.68 bits per heavy atom. The van der Waals surface area contributed by atoms with Crippen LogP contribution < -0.4 is 5.32 Å². The smallest absolute Gasteiger partial charge is 0.258 e. The first-order chi connectivity index (χ1) is 13.5. The molecule has 4 nitrogen and oxygen atoms in total. The van der Waals surface area contributed by atoms with Crippen molar-refractivity contribution >= 4 is 17.5 Å². The van der Waals surface area contributed by atoms with Gasteiger partial charge in [-0.05, 0) is 61.9 Å². The SMILES string of the molecule is Cc1ccc(C(=O)N2CCC3CCCCC32)cc1NC(=O)c1ccccc1F. The van der Waals surface area contributed by atoms with Crippen LogP contribution in [0.25, 0.3) is 0 Å². The van der Waals surface area contributed by atoms with Crippen molar-refractivity contribution in [2.45, 2.75) is 45.1 Å². The average molecular weight is 380 g/mol. The standard InChI is InChI=1S/C23H25FN2O2/c1-15-10-11-17(23(28)26-13-12-16-6-2-5-9-21(16)26)14-20(15)25-22(27)18-7-3-4-8-19(18)24/h3-4,7-8,10-11,14,16,21H,2,5-6,9,12-13H2,1H3,(H,25,27). The van der Waals surface area contributed by atoms with Crippen molar-refractivity contribution in [2.24, 2.45) is 5.92 Å². The predicted molar refractivity (Wildman–Crippen MR) is 107 cm³/mol. The Balaban J connectivity index is 1.55. The summed E-state index contributed by atoms with van der Waals surface area (Å²) in [5.41, 5.74) is 1.93. The van der Waals surface area contributed by atoms with Crippen LogP contribution >= 0.6 is 0 Å². The van der Waals surface area contributed by atoms with Gasteiger partial charge in [0.15, 0.2) is 0 Å². The molecule has 2 aromatic carbocycles. The van der Waals surface area contributed by atoms with Crippen molar-refractivity contribution in [3.05, 3.63) is 65.0 Å². The molecule has 0 bridgehead atoms. The van der Waals surface area contributed by atoms with E-state index < -0.39 is 11.7 Å². The van der Waals surface area contributed by atoms with Crippen LogP contribution in [-0.2, 0) is 0 Å². The van der Waals surface area contributed by atoms with Crippen molar-refractivity contribution in [3.8, 4) is 0 Å². The molecule has 2 aromatic rings. The van der Waals surface area contributed by atoms with Gasteiger partial charge >= 0.3 is 0 Å². The summed E-state index contributed by atoms with van der Waals surface area (Å²) in [7, 11) is 0. The largest absolute Gasteiger partial charge is 0.335 e. The fraction of sp³-hybridized carbons (Fsp3) is 0.391. The number of nitrogens with one attached hydrogen (secondary N) is 1. The zero-order valence-electron chi connectivity index (χ0n) is 16.1. The fourth-order valence-electron chi connectivity index (χ4n) is 4.55. The molecule has 4 rings (SSSR count). The summed E-state index contributed by atoms with van der Waals surface area (Å²) in [5, 5.41) is 2.76. The Labute approximate surface area is 164 Å². The van der Waals surface area contributed by atoms with Gasteiger partial charge in [-0.3, -0.25) is 9.59 Å². The molecule has 1 N–H and O–H groups in total. The number of hydrogen-bond acceptors (Lipinski definition) is 2. The number of carbonyl (C=O) groups excluding carboxylic acids is 2. The minimum atomic E-state index is -0.565. The lowest BCUT2D eigenvalue weighted by Crippen LogP contribution is -2.39. The van der Waals surface area contributed by atoms with E-state index in [0.717, 1.165) is 24.9 Å². The van der Waals surface area contributed by atoms with Crippen LogP contribution in [-0.4, -0.2) is 29.3 Å². The monoisotopic (exact) mass is 380 g/mol. The van der Waals surface area contributed by atoms with Crippen LogP contribution in [0, 0.1) is 18.7 Å². The molecule has 2 unspecified atom stereocenters. The van der Waals surface area contributed by atoms with Gasteiger partial charge < -0.3 is 10.2 Å². The third-order valence-electron chi connectivity index (χ3n) is 6.12. The molecule has 28 heavy (non-hydrogen) atoms. The summed E-state index contributed by atoms with van der Waals surface area (Å²) < 4.78 is 13.9. The van der Waals surface area contributed by atoms with E-state index in [-0.39, 0.29) is 11.5 Å². The van der Waals surface area contributed by atoms with Crippen LogP contribution in [0.5, 0.6) is 0 Å². The quantitative estimate of drug-likeness (QED) is 0.832. The maximum absolute atomic E-state index is 13.9. The summed E-state index contributed by atoms with van der Waals surface area (Å²) in [5.74, 6) is -0.427. The number of halogens is 1. The molecule has 0 spiro atoms. The van der Waals surface area contributed by atoms with E-state index in [9.17, 15) is 14.0 Å². The van der Waals surface area contributed by atoms with Gasteiger partial charge in [-0.25, -0.2) is 4.39 Å². The Hall–Kier alpha value is -2.69. The third-order valence-corrected chi connectivity index (χ3v) is 6.12. The number of aryl methyl sites for hydroxylation is 1. The highest BCUT2D eigenvalue weighted by atomic mass is 19.1. The molecule has 1 heterocycles. The van der Waals surface area contributed by atoms with Gasteiger partial charge in [0.25, 0.3) is 11.8 Å². The highest BCUT2D eigenvalue weighted by Crippen LogP contribution is 2.37. The second kappa shape index (κ2) is 7.74. The van der Waals surface area contributed by atoms with Crippen molar-refractivity contribution < 1.29 is 14.0 Å². The van der Waals surface area contributed by atoms with Gasteiger partial charge in [-0.2, -0.15) is 0 Å². The molecule has 1 saturated carbocycles. The minimum absolute atomic E-state index is 0.0109. The molecule has 2 aliphatic rings.